The molecule has 0 aromatic rings. The van der Waals surface area contributed by atoms with Gasteiger partial charge in [0.15, 0.2) is 0 Å². The van der Waals surface area contributed by atoms with Crippen molar-refractivity contribution in [1.29, 1.82) is 0 Å². The van der Waals surface area contributed by atoms with Crippen molar-refractivity contribution >= 4 is 5.91 Å². The second kappa shape index (κ2) is 7.88. The maximum absolute atomic E-state index is 12.2. The average molecular weight is 268 g/mol. The Morgan fingerprint density at radius 3 is 2.42 bits per heavy atom. The van der Waals surface area contributed by atoms with Crippen molar-refractivity contribution in [1.82, 2.24) is 5.32 Å². The molecule has 112 valence electrons. The lowest BCUT2D eigenvalue weighted by Gasteiger charge is -2.29. The van der Waals surface area contributed by atoms with E-state index in [2.05, 4.69) is 26.1 Å². The van der Waals surface area contributed by atoms with E-state index in [1.165, 1.54) is 19.3 Å². The van der Waals surface area contributed by atoms with Crippen molar-refractivity contribution in [3.05, 3.63) is 0 Å². The molecule has 0 heterocycles. The van der Waals surface area contributed by atoms with Gasteiger partial charge in [0, 0.05) is 12.5 Å². The summed E-state index contributed by atoms with van der Waals surface area (Å²) in [6.45, 7) is 8.25. The van der Waals surface area contributed by atoms with Crippen LogP contribution in [0, 0.1) is 17.3 Å². The molecule has 0 bridgehead atoms. The minimum Gasteiger partial charge on any atom is -0.355 e. The van der Waals surface area contributed by atoms with Crippen molar-refractivity contribution in [3.8, 4) is 0 Å². The first kappa shape index (κ1) is 16.5. The van der Waals surface area contributed by atoms with Crippen molar-refractivity contribution in [3.63, 3.8) is 0 Å². The van der Waals surface area contributed by atoms with Crippen LogP contribution in [0.2, 0.25) is 0 Å². The average Bonchev–Trinajstić information content (AvgIpc) is 2.37. The molecule has 0 spiro atoms. The Kier molecular flexibility index (Phi) is 6.84. The fourth-order valence-electron chi connectivity index (χ4n) is 3.18. The maximum Gasteiger partial charge on any atom is 0.223 e. The van der Waals surface area contributed by atoms with Crippen molar-refractivity contribution < 1.29 is 4.79 Å². The zero-order valence-corrected chi connectivity index (χ0v) is 13.0. The van der Waals surface area contributed by atoms with Gasteiger partial charge in [-0.25, -0.2) is 0 Å². The van der Waals surface area contributed by atoms with E-state index in [0.717, 1.165) is 44.7 Å². The lowest BCUT2D eigenvalue weighted by molar-refractivity contribution is -0.126. The topological polar surface area (TPSA) is 55.1 Å². The Hall–Kier alpha value is -0.570. The van der Waals surface area contributed by atoms with Crippen molar-refractivity contribution in [2.24, 2.45) is 23.0 Å². The first-order valence-electron chi connectivity index (χ1n) is 7.96. The third-order valence-electron chi connectivity index (χ3n) is 4.46. The predicted molar refractivity (Wildman–Crippen MR) is 80.8 cm³/mol. The van der Waals surface area contributed by atoms with Crippen LogP contribution >= 0.6 is 0 Å². The summed E-state index contributed by atoms with van der Waals surface area (Å²) in [7, 11) is 0. The van der Waals surface area contributed by atoms with Gasteiger partial charge in [-0.1, -0.05) is 27.2 Å². The molecule has 0 saturated heterocycles. The largest absolute Gasteiger partial charge is 0.355 e. The number of amides is 1. The summed E-state index contributed by atoms with van der Waals surface area (Å²) < 4.78 is 0. The molecule has 0 aromatic carbocycles. The molecule has 0 unspecified atom stereocenters. The van der Waals surface area contributed by atoms with Crippen molar-refractivity contribution in [2.45, 2.75) is 65.7 Å². The van der Waals surface area contributed by atoms with E-state index in [1.807, 2.05) is 0 Å². The molecule has 1 saturated carbocycles. The summed E-state index contributed by atoms with van der Waals surface area (Å²) in [4.78, 5) is 12.2. The number of carbonyl (C=O) groups excluding carboxylic acids is 1. The molecular formula is C16H32N2O. The van der Waals surface area contributed by atoms with Gasteiger partial charge < -0.3 is 11.1 Å². The first-order chi connectivity index (χ1) is 8.98. The lowest BCUT2D eigenvalue weighted by Crippen LogP contribution is -2.39. The van der Waals surface area contributed by atoms with Crippen LogP contribution in [0.4, 0.5) is 0 Å². The Morgan fingerprint density at radius 2 is 1.89 bits per heavy atom. The van der Waals surface area contributed by atoms with Gasteiger partial charge in [0.25, 0.3) is 0 Å². The molecule has 1 aliphatic carbocycles. The van der Waals surface area contributed by atoms with Crippen LogP contribution in [0.1, 0.15) is 65.7 Å². The highest BCUT2D eigenvalue weighted by Crippen LogP contribution is 2.30. The molecule has 1 aliphatic rings. The van der Waals surface area contributed by atoms with Gasteiger partial charge in [-0.05, 0) is 56.4 Å². The third-order valence-corrected chi connectivity index (χ3v) is 4.46. The van der Waals surface area contributed by atoms with Gasteiger partial charge in [0.2, 0.25) is 5.91 Å². The van der Waals surface area contributed by atoms with Gasteiger partial charge in [0.1, 0.15) is 0 Å². The van der Waals surface area contributed by atoms with Gasteiger partial charge in [-0.3, -0.25) is 4.79 Å². The number of carbonyl (C=O) groups is 1. The van der Waals surface area contributed by atoms with Crippen LogP contribution in [0.5, 0.6) is 0 Å². The van der Waals surface area contributed by atoms with E-state index in [9.17, 15) is 4.79 Å². The Bertz CT molecular complexity index is 268. The molecule has 3 heteroatoms. The number of rotatable bonds is 7. The summed E-state index contributed by atoms with van der Waals surface area (Å²) in [5, 5.41) is 3.16. The number of nitrogens with two attached hydrogens (primary N) is 1. The van der Waals surface area contributed by atoms with Gasteiger partial charge >= 0.3 is 0 Å². The standard InChI is InChI=1S/C16H32N2O/c1-4-10-16(2,3)12-18-15(19)14-7-5-13(6-8-14)9-11-17/h13-14H,4-12,17H2,1-3H3,(H,18,19). The smallest absolute Gasteiger partial charge is 0.223 e. The first-order valence-corrected chi connectivity index (χ1v) is 7.96. The summed E-state index contributed by atoms with van der Waals surface area (Å²) in [6.07, 6.45) is 7.90. The SMILES string of the molecule is CCCC(C)(C)CNC(=O)C1CCC(CCN)CC1. The molecule has 0 radical (unpaired) electrons. The summed E-state index contributed by atoms with van der Waals surface area (Å²) in [6, 6.07) is 0. The normalized spacial score (nSPS) is 24.2. The predicted octanol–water partition coefficient (Wildman–Crippen LogP) is 3.08. The van der Waals surface area contributed by atoms with Gasteiger partial charge in [-0.2, -0.15) is 0 Å². The highest BCUT2D eigenvalue weighted by molar-refractivity contribution is 5.78. The third kappa shape index (κ3) is 5.94. The summed E-state index contributed by atoms with van der Waals surface area (Å²) in [5.41, 5.74) is 5.82. The van der Waals surface area contributed by atoms with Crippen LogP contribution in [-0.4, -0.2) is 19.0 Å². The zero-order chi connectivity index (χ0) is 14.3. The molecule has 1 amide bonds. The molecule has 1 rings (SSSR count). The number of hydrogen-bond donors (Lipinski definition) is 2. The molecule has 3 nitrogen and oxygen atoms in total. The van der Waals surface area contributed by atoms with E-state index in [-0.39, 0.29) is 17.2 Å². The van der Waals surface area contributed by atoms with E-state index in [0.29, 0.717) is 0 Å². The molecule has 0 atom stereocenters. The van der Waals surface area contributed by atoms with E-state index < -0.39 is 0 Å². The minimum atomic E-state index is 0.223. The molecular weight excluding hydrogens is 236 g/mol. The Labute approximate surface area is 118 Å². The van der Waals surface area contributed by atoms with E-state index in [1.54, 1.807) is 0 Å². The number of hydrogen-bond acceptors (Lipinski definition) is 2. The van der Waals surface area contributed by atoms with Crippen LogP contribution in [0.3, 0.4) is 0 Å². The Balaban J connectivity index is 2.28. The highest BCUT2D eigenvalue weighted by Gasteiger charge is 2.27. The fraction of sp³-hybridized carbons (Fsp3) is 0.938. The minimum absolute atomic E-state index is 0.223. The van der Waals surface area contributed by atoms with Crippen LogP contribution in [-0.2, 0) is 4.79 Å². The lowest BCUT2D eigenvalue weighted by atomic mass is 9.80. The van der Waals surface area contributed by atoms with Crippen LogP contribution in [0.15, 0.2) is 0 Å². The van der Waals surface area contributed by atoms with Gasteiger partial charge in [-0.15, -0.1) is 0 Å². The molecule has 0 aromatic heterocycles. The fourth-order valence-corrected chi connectivity index (χ4v) is 3.18. The molecule has 1 fully saturated rings. The molecule has 3 N–H and O–H groups in total. The van der Waals surface area contributed by atoms with E-state index in [4.69, 9.17) is 5.73 Å². The molecule has 0 aliphatic heterocycles. The monoisotopic (exact) mass is 268 g/mol. The second-order valence-electron chi connectivity index (χ2n) is 6.93. The second-order valence-corrected chi connectivity index (χ2v) is 6.93. The van der Waals surface area contributed by atoms with E-state index >= 15 is 0 Å². The van der Waals surface area contributed by atoms with Crippen LogP contribution < -0.4 is 11.1 Å². The summed E-state index contributed by atoms with van der Waals surface area (Å²) >= 11 is 0. The quantitative estimate of drug-likeness (QED) is 0.745. The van der Waals surface area contributed by atoms with Crippen molar-refractivity contribution in [2.75, 3.05) is 13.1 Å². The van der Waals surface area contributed by atoms with Crippen LogP contribution in [0.25, 0.3) is 0 Å². The van der Waals surface area contributed by atoms with Gasteiger partial charge in [0.05, 0.1) is 0 Å². The Morgan fingerprint density at radius 1 is 1.26 bits per heavy atom. The maximum atomic E-state index is 12.2. The number of nitrogens with one attached hydrogen (secondary N) is 1. The molecule has 19 heavy (non-hydrogen) atoms. The summed E-state index contributed by atoms with van der Waals surface area (Å²) in [5.74, 6) is 1.27. The zero-order valence-electron chi connectivity index (χ0n) is 13.0. The highest BCUT2D eigenvalue weighted by atomic mass is 16.1.